The third-order valence-corrected chi connectivity index (χ3v) is 7.64. The lowest BCUT2D eigenvalue weighted by Gasteiger charge is -2.36. The van der Waals surface area contributed by atoms with E-state index in [1.807, 2.05) is 18.2 Å². The smallest absolute Gasteiger partial charge is 0.218 e. The predicted octanol–water partition coefficient (Wildman–Crippen LogP) is 2.90. The number of piperidine rings is 1. The summed E-state index contributed by atoms with van der Waals surface area (Å²) in [4.78, 5) is 7.79. The van der Waals surface area contributed by atoms with Crippen LogP contribution in [0.3, 0.4) is 0 Å². The number of aliphatic hydroxyl groups is 1. The number of halogens is 1. The monoisotopic (exact) mass is 448 g/mol. The minimum absolute atomic E-state index is 0.00486. The highest BCUT2D eigenvalue weighted by atomic mass is 35.5. The number of guanidine groups is 1. The number of rotatable bonds is 5. The standard InChI is InChI=1S/C22H29ClN4O2S/c1-14(2)19(13-28)24-21-20-18(9-12-30(20)29)25-22(26-21)27-10-7-16(8-11-27)15-3-5-17(23)6-4-15/h3-6,9,14,16,19,24,28H,7-8,10-13H2,1-2H3,(H,25,26)/t19-,30?/m0/s1. The van der Waals surface area contributed by atoms with E-state index >= 15 is 0 Å². The summed E-state index contributed by atoms with van der Waals surface area (Å²) in [7, 11) is 0. The zero-order chi connectivity index (χ0) is 21.3. The topological polar surface area (TPSA) is 82.9 Å². The van der Waals surface area contributed by atoms with E-state index in [1.54, 1.807) is 0 Å². The first kappa shape index (κ1) is 21.6. The van der Waals surface area contributed by atoms with E-state index in [0.717, 1.165) is 42.6 Å². The molecular weight excluding hydrogens is 420 g/mol. The number of fused-ring (bicyclic) bond motifs is 1. The van der Waals surface area contributed by atoms with Crippen molar-refractivity contribution in [3.05, 3.63) is 57.4 Å². The molecule has 3 N–H and O–H groups in total. The van der Waals surface area contributed by atoms with Gasteiger partial charge in [0.25, 0.3) is 0 Å². The Kier molecular flexibility index (Phi) is 6.63. The maximum Gasteiger partial charge on any atom is 0.218 e. The molecule has 0 amide bonds. The van der Waals surface area contributed by atoms with Gasteiger partial charge in [-0.15, -0.1) is 0 Å². The van der Waals surface area contributed by atoms with Crippen LogP contribution >= 0.6 is 11.6 Å². The van der Waals surface area contributed by atoms with Crippen LogP contribution in [0.4, 0.5) is 0 Å². The van der Waals surface area contributed by atoms with Crippen molar-refractivity contribution in [2.24, 2.45) is 10.9 Å². The van der Waals surface area contributed by atoms with E-state index in [-0.39, 0.29) is 18.6 Å². The Bertz CT molecular complexity index is 860. The summed E-state index contributed by atoms with van der Waals surface area (Å²) in [5.41, 5.74) is 2.21. The summed E-state index contributed by atoms with van der Waals surface area (Å²) in [6.45, 7) is 5.89. The van der Waals surface area contributed by atoms with Crippen molar-refractivity contribution in [2.75, 3.05) is 25.4 Å². The van der Waals surface area contributed by atoms with Gasteiger partial charge in [0.2, 0.25) is 10.9 Å². The van der Waals surface area contributed by atoms with E-state index in [9.17, 15) is 9.66 Å². The number of hydrogen-bond donors (Lipinski definition) is 3. The second-order valence-corrected chi connectivity index (χ2v) is 10.2. The van der Waals surface area contributed by atoms with Gasteiger partial charge in [0.05, 0.1) is 12.6 Å². The number of nitrogens with zero attached hydrogens (tertiary/aromatic N) is 2. The fourth-order valence-electron chi connectivity index (χ4n) is 4.11. The maximum atomic E-state index is 12.5. The van der Waals surface area contributed by atoms with Crippen LogP contribution in [0.5, 0.6) is 0 Å². The molecule has 3 heterocycles. The van der Waals surface area contributed by atoms with E-state index < -0.39 is 11.2 Å². The first-order valence-corrected chi connectivity index (χ1v) is 12.2. The molecule has 4 rings (SSSR count). The van der Waals surface area contributed by atoms with Gasteiger partial charge in [-0.05, 0) is 59.6 Å². The fourth-order valence-corrected chi connectivity index (χ4v) is 5.42. The Morgan fingerprint density at radius 3 is 2.63 bits per heavy atom. The van der Waals surface area contributed by atoms with Crippen molar-refractivity contribution in [1.29, 1.82) is 0 Å². The van der Waals surface area contributed by atoms with Gasteiger partial charge in [0, 0.05) is 18.1 Å². The van der Waals surface area contributed by atoms with Crippen molar-refractivity contribution in [2.45, 2.75) is 38.6 Å². The molecule has 0 aliphatic carbocycles. The molecule has 0 saturated carbocycles. The molecule has 30 heavy (non-hydrogen) atoms. The fraction of sp³-hybridized carbons (Fsp3) is 0.500. The van der Waals surface area contributed by atoms with Gasteiger partial charge in [-0.1, -0.05) is 37.6 Å². The van der Waals surface area contributed by atoms with Gasteiger partial charge in [-0.2, -0.15) is 4.99 Å². The molecule has 162 valence electrons. The first-order valence-electron chi connectivity index (χ1n) is 10.5. The zero-order valence-corrected chi connectivity index (χ0v) is 19.0. The molecule has 0 bridgehead atoms. The van der Waals surface area contributed by atoms with E-state index in [2.05, 4.69) is 41.5 Å². The summed E-state index contributed by atoms with van der Waals surface area (Å²) in [6, 6.07) is 8.02. The number of likely N-dealkylation sites (tertiary alicyclic amines) is 1. The minimum Gasteiger partial charge on any atom is -0.611 e. The molecule has 3 aliphatic heterocycles. The number of nitrogens with one attached hydrogen (secondary N) is 2. The molecule has 1 aromatic rings. The Morgan fingerprint density at radius 1 is 1.30 bits per heavy atom. The van der Waals surface area contributed by atoms with Gasteiger partial charge in [0.1, 0.15) is 11.4 Å². The second kappa shape index (κ2) is 9.22. The summed E-state index contributed by atoms with van der Waals surface area (Å²) in [5.74, 6) is 2.66. The highest BCUT2D eigenvalue weighted by molar-refractivity contribution is 7.96. The minimum atomic E-state index is -1.11. The molecule has 8 heteroatoms. The summed E-state index contributed by atoms with van der Waals surface area (Å²) in [5, 5.41) is 17.3. The summed E-state index contributed by atoms with van der Waals surface area (Å²) >= 11 is 4.91. The molecular formula is C22H29ClN4O2S. The second-order valence-electron chi connectivity index (χ2n) is 8.36. The average molecular weight is 449 g/mol. The number of benzene rings is 1. The third-order valence-electron chi connectivity index (χ3n) is 6.05. The van der Waals surface area contributed by atoms with E-state index in [0.29, 0.717) is 22.4 Å². The summed E-state index contributed by atoms with van der Waals surface area (Å²) in [6.07, 6.45) is 4.06. The van der Waals surface area contributed by atoms with E-state index in [4.69, 9.17) is 16.6 Å². The van der Waals surface area contributed by atoms with Crippen LogP contribution in [-0.2, 0) is 11.2 Å². The van der Waals surface area contributed by atoms with Crippen LogP contribution in [0.25, 0.3) is 0 Å². The quantitative estimate of drug-likeness (QED) is 0.603. The van der Waals surface area contributed by atoms with Crippen LogP contribution in [0.1, 0.15) is 38.2 Å². The molecule has 0 spiro atoms. The van der Waals surface area contributed by atoms with Crippen molar-refractivity contribution in [1.82, 2.24) is 15.5 Å². The molecule has 1 fully saturated rings. The number of aliphatic hydroxyl groups excluding tert-OH is 1. The highest BCUT2D eigenvalue weighted by Gasteiger charge is 2.36. The molecule has 0 radical (unpaired) electrons. The average Bonchev–Trinajstić information content (AvgIpc) is 3.13. The van der Waals surface area contributed by atoms with Gasteiger partial charge >= 0.3 is 0 Å². The first-order chi connectivity index (χ1) is 14.5. The van der Waals surface area contributed by atoms with Crippen molar-refractivity contribution in [3.63, 3.8) is 0 Å². The van der Waals surface area contributed by atoms with Crippen LogP contribution in [-0.4, -0.2) is 52.0 Å². The normalized spacial score (nSPS) is 23.1. The SMILES string of the molecule is CC(C)[C@H](CO)NC1=C2C(=CC[S+]2[O-])NC(N2CCC(c3ccc(Cl)cc3)CC2)=N1. The summed E-state index contributed by atoms with van der Waals surface area (Å²) < 4.78 is 12.5. The number of aliphatic imine (C=N–C) groups is 1. The Balaban J connectivity index is 1.50. The van der Waals surface area contributed by atoms with Gasteiger partial charge in [-0.3, -0.25) is 0 Å². The predicted molar refractivity (Wildman–Crippen MR) is 123 cm³/mol. The molecule has 1 aromatic carbocycles. The van der Waals surface area contributed by atoms with Crippen LogP contribution in [0, 0.1) is 5.92 Å². The zero-order valence-electron chi connectivity index (χ0n) is 17.4. The van der Waals surface area contributed by atoms with Gasteiger partial charge < -0.3 is 25.2 Å². The lowest BCUT2D eigenvalue weighted by molar-refractivity contribution is 0.218. The van der Waals surface area contributed by atoms with Crippen molar-refractivity contribution < 1.29 is 9.66 Å². The van der Waals surface area contributed by atoms with Crippen LogP contribution in [0.15, 0.2) is 51.8 Å². The lowest BCUT2D eigenvalue weighted by atomic mass is 9.89. The molecule has 0 aromatic heterocycles. The molecule has 2 atom stereocenters. The number of hydrogen-bond acceptors (Lipinski definition) is 6. The molecule has 3 aliphatic rings. The van der Waals surface area contributed by atoms with Crippen molar-refractivity contribution >= 4 is 28.7 Å². The maximum absolute atomic E-state index is 12.5. The molecule has 1 unspecified atom stereocenters. The third kappa shape index (κ3) is 4.49. The highest BCUT2D eigenvalue weighted by Crippen LogP contribution is 2.32. The lowest BCUT2D eigenvalue weighted by Crippen LogP contribution is -2.48. The molecule has 6 nitrogen and oxygen atoms in total. The Morgan fingerprint density at radius 2 is 2.00 bits per heavy atom. The van der Waals surface area contributed by atoms with Crippen LogP contribution < -0.4 is 10.6 Å². The largest absolute Gasteiger partial charge is 0.611 e. The molecule has 1 saturated heterocycles. The Labute approximate surface area is 186 Å². The van der Waals surface area contributed by atoms with Crippen molar-refractivity contribution in [3.8, 4) is 0 Å². The Hall–Kier alpha value is -1.67. The van der Waals surface area contributed by atoms with Crippen LogP contribution in [0.2, 0.25) is 5.02 Å². The van der Waals surface area contributed by atoms with Gasteiger partial charge in [0.15, 0.2) is 5.82 Å². The van der Waals surface area contributed by atoms with Gasteiger partial charge in [-0.25, -0.2) is 0 Å². The van der Waals surface area contributed by atoms with E-state index in [1.165, 1.54) is 5.56 Å².